The van der Waals surface area contributed by atoms with Crippen LogP contribution in [0.1, 0.15) is 50.5 Å². The molecular weight excluding hydrogens is 194 g/mol. The van der Waals surface area contributed by atoms with E-state index < -0.39 is 0 Å². The number of aromatic nitrogens is 1. The first-order valence-electron chi connectivity index (χ1n) is 6.43. The average Bonchev–Trinajstić information content (AvgIpc) is 2.34. The molecule has 1 aromatic heterocycles. The normalized spacial score (nSPS) is 10.2. The lowest BCUT2D eigenvalue weighted by molar-refractivity contribution is 0.597. The fourth-order valence-corrected chi connectivity index (χ4v) is 1.87. The molecule has 1 heteroatoms. The van der Waals surface area contributed by atoms with Crippen LogP contribution in [0.3, 0.4) is 0 Å². The average molecular weight is 217 g/mol. The van der Waals surface area contributed by atoms with Gasteiger partial charge in [0.15, 0.2) is 0 Å². The SMILES string of the molecule is C=CCCCCCCCCc1ccncc1. The monoisotopic (exact) mass is 217 g/mol. The number of hydrogen-bond donors (Lipinski definition) is 0. The number of hydrogen-bond acceptors (Lipinski definition) is 1. The van der Waals surface area contributed by atoms with E-state index in [1.165, 1.54) is 56.9 Å². The number of rotatable bonds is 9. The largest absolute Gasteiger partial charge is 0.265 e. The first-order valence-corrected chi connectivity index (χ1v) is 6.43. The lowest BCUT2D eigenvalue weighted by Crippen LogP contribution is -1.86. The van der Waals surface area contributed by atoms with Crippen molar-refractivity contribution in [3.05, 3.63) is 42.7 Å². The van der Waals surface area contributed by atoms with Crippen LogP contribution in [0.25, 0.3) is 0 Å². The minimum Gasteiger partial charge on any atom is -0.265 e. The van der Waals surface area contributed by atoms with E-state index in [-0.39, 0.29) is 0 Å². The van der Waals surface area contributed by atoms with Crippen LogP contribution >= 0.6 is 0 Å². The molecule has 0 N–H and O–H groups in total. The molecule has 0 aliphatic rings. The van der Waals surface area contributed by atoms with Crippen LogP contribution in [-0.2, 0) is 6.42 Å². The zero-order valence-corrected chi connectivity index (χ0v) is 10.2. The van der Waals surface area contributed by atoms with Crippen LogP contribution in [0.5, 0.6) is 0 Å². The molecular formula is C15H23N. The van der Waals surface area contributed by atoms with Crippen LogP contribution in [0, 0.1) is 0 Å². The van der Waals surface area contributed by atoms with Crippen molar-refractivity contribution in [1.29, 1.82) is 0 Å². The van der Waals surface area contributed by atoms with Crippen molar-refractivity contribution in [2.45, 2.75) is 51.4 Å². The van der Waals surface area contributed by atoms with Gasteiger partial charge in [0.2, 0.25) is 0 Å². The number of allylic oxidation sites excluding steroid dienone is 1. The van der Waals surface area contributed by atoms with E-state index >= 15 is 0 Å². The van der Waals surface area contributed by atoms with Gasteiger partial charge in [0.25, 0.3) is 0 Å². The molecule has 1 heterocycles. The van der Waals surface area contributed by atoms with Crippen molar-refractivity contribution in [2.24, 2.45) is 0 Å². The number of aryl methyl sites for hydroxylation is 1. The minimum absolute atomic E-state index is 1.18. The summed E-state index contributed by atoms with van der Waals surface area (Å²) < 4.78 is 0. The van der Waals surface area contributed by atoms with E-state index in [9.17, 15) is 0 Å². The van der Waals surface area contributed by atoms with Gasteiger partial charge in [-0.1, -0.05) is 31.8 Å². The molecule has 0 radical (unpaired) electrons. The van der Waals surface area contributed by atoms with Crippen molar-refractivity contribution < 1.29 is 0 Å². The van der Waals surface area contributed by atoms with E-state index in [4.69, 9.17) is 0 Å². The highest BCUT2D eigenvalue weighted by Crippen LogP contribution is 2.10. The van der Waals surface area contributed by atoms with Gasteiger partial charge in [0.05, 0.1) is 0 Å². The van der Waals surface area contributed by atoms with E-state index in [0.29, 0.717) is 0 Å². The van der Waals surface area contributed by atoms with Gasteiger partial charge in [0.1, 0.15) is 0 Å². The summed E-state index contributed by atoms with van der Waals surface area (Å²) in [6.45, 7) is 3.74. The Balaban J connectivity index is 1.90. The Hall–Kier alpha value is -1.11. The van der Waals surface area contributed by atoms with Gasteiger partial charge in [-0.25, -0.2) is 0 Å². The van der Waals surface area contributed by atoms with E-state index in [1.807, 2.05) is 18.5 Å². The van der Waals surface area contributed by atoms with Crippen molar-refractivity contribution in [3.8, 4) is 0 Å². The summed E-state index contributed by atoms with van der Waals surface area (Å²) >= 11 is 0. The van der Waals surface area contributed by atoms with E-state index in [2.05, 4.69) is 23.7 Å². The molecule has 1 rings (SSSR count). The lowest BCUT2D eigenvalue weighted by atomic mass is 10.1. The molecule has 0 aliphatic heterocycles. The van der Waals surface area contributed by atoms with Gasteiger partial charge >= 0.3 is 0 Å². The highest BCUT2D eigenvalue weighted by Gasteiger charge is 1.93. The molecule has 0 unspecified atom stereocenters. The van der Waals surface area contributed by atoms with Crippen molar-refractivity contribution in [1.82, 2.24) is 4.98 Å². The molecule has 0 bridgehead atoms. The van der Waals surface area contributed by atoms with Crippen molar-refractivity contribution >= 4 is 0 Å². The molecule has 0 aliphatic carbocycles. The third-order valence-electron chi connectivity index (χ3n) is 2.87. The molecule has 0 aromatic carbocycles. The van der Waals surface area contributed by atoms with Gasteiger partial charge in [-0.2, -0.15) is 0 Å². The molecule has 0 spiro atoms. The topological polar surface area (TPSA) is 12.9 Å². The molecule has 0 saturated heterocycles. The fraction of sp³-hybridized carbons (Fsp3) is 0.533. The van der Waals surface area contributed by atoms with Crippen LogP contribution in [0.2, 0.25) is 0 Å². The molecule has 0 atom stereocenters. The quantitative estimate of drug-likeness (QED) is 0.437. The van der Waals surface area contributed by atoms with Gasteiger partial charge in [-0.15, -0.1) is 6.58 Å². The summed E-state index contributed by atoms with van der Waals surface area (Å²) in [7, 11) is 0. The van der Waals surface area contributed by atoms with E-state index in [0.717, 1.165) is 0 Å². The third-order valence-corrected chi connectivity index (χ3v) is 2.87. The fourth-order valence-electron chi connectivity index (χ4n) is 1.87. The van der Waals surface area contributed by atoms with E-state index in [1.54, 1.807) is 0 Å². The molecule has 0 fully saturated rings. The van der Waals surface area contributed by atoms with Crippen molar-refractivity contribution in [2.75, 3.05) is 0 Å². The Bertz CT molecular complexity index is 266. The second-order valence-corrected chi connectivity index (χ2v) is 4.30. The van der Waals surface area contributed by atoms with Gasteiger partial charge < -0.3 is 0 Å². The maximum atomic E-state index is 4.02. The summed E-state index contributed by atoms with van der Waals surface area (Å²) in [5.41, 5.74) is 1.42. The summed E-state index contributed by atoms with van der Waals surface area (Å²) in [6.07, 6.45) is 16.3. The van der Waals surface area contributed by atoms with Crippen LogP contribution < -0.4 is 0 Å². The highest BCUT2D eigenvalue weighted by molar-refractivity contribution is 5.09. The minimum atomic E-state index is 1.18. The predicted molar refractivity (Wildman–Crippen MR) is 70.5 cm³/mol. The second kappa shape index (κ2) is 9.14. The lowest BCUT2D eigenvalue weighted by Gasteiger charge is -2.01. The molecule has 88 valence electrons. The standard InChI is InChI=1S/C15H23N/c1-2-3-4-5-6-7-8-9-10-15-11-13-16-14-12-15/h2,11-14H,1,3-10H2. The zero-order chi connectivity index (χ0) is 11.5. The molecule has 1 nitrogen and oxygen atoms in total. The zero-order valence-electron chi connectivity index (χ0n) is 10.2. The maximum absolute atomic E-state index is 4.02. The Labute approximate surface area is 99.6 Å². The van der Waals surface area contributed by atoms with Gasteiger partial charge in [0, 0.05) is 12.4 Å². The molecule has 1 aromatic rings. The number of nitrogens with zero attached hydrogens (tertiary/aromatic N) is 1. The summed E-state index contributed by atoms with van der Waals surface area (Å²) in [5, 5.41) is 0. The third kappa shape index (κ3) is 6.39. The molecule has 16 heavy (non-hydrogen) atoms. The molecule has 0 amide bonds. The maximum Gasteiger partial charge on any atom is 0.0270 e. The Morgan fingerprint density at radius 3 is 2.25 bits per heavy atom. The summed E-state index contributed by atoms with van der Waals surface area (Å²) in [6, 6.07) is 4.23. The Kier molecular flexibility index (Phi) is 7.40. The smallest absolute Gasteiger partial charge is 0.0270 e. The molecule has 0 saturated carbocycles. The Morgan fingerprint density at radius 2 is 1.56 bits per heavy atom. The van der Waals surface area contributed by atoms with Crippen LogP contribution in [-0.4, -0.2) is 4.98 Å². The highest BCUT2D eigenvalue weighted by atomic mass is 14.6. The Morgan fingerprint density at radius 1 is 0.938 bits per heavy atom. The van der Waals surface area contributed by atoms with Gasteiger partial charge in [-0.3, -0.25) is 4.98 Å². The number of pyridine rings is 1. The summed E-state index contributed by atoms with van der Waals surface area (Å²) in [4.78, 5) is 4.02. The first kappa shape index (κ1) is 13.0. The second-order valence-electron chi connectivity index (χ2n) is 4.30. The van der Waals surface area contributed by atoms with Crippen molar-refractivity contribution in [3.63, 3.8) is 0 Å². The summed E-state index contributed by atoms with van der Waals surface area (Å²) in [5.74, 6) is 0. The first-order chi connectivity index (χ1) is 7.93. The number of unbranched alkanes of at least 4 members (excludes halogenated alkanes) is 6. The van der Waals surface area contributed by atoms with Gasteiger partial charge in [-0.05, 0) is 43.4 Å². The predicted octanol–water partition coefficient (Wildman–Crippen LogP) is 4.54. The van der Waals surface area contributed by atoms with Crippen LogP contribution in [0.4, 0.5) is 0 Å². The van der Waals surface area contributed by atoms with Crippen LogP contribution in [0.15, 0.2) is 37.2 Å².